The monoisotopic (exact) mass is 407 g/mol. The van der Waals surface area contributed by atoms with Crippen LogP contribution in [0, 0.1) is 0 Å². The SMILES string of the molecule is CN1CCCC1COc1cc(-c2cnc3c(c2)CCCO3)c2nc[nH]c2c1C(N)=O. The maximum Gasteiger partial charge on any atom is 0.254 e. The molecule has 5 rings (SSSR count). The Morgan fingerprint density at radius 2 is 2.27 bits per heavy atom. The molecule has 1 saturated heterocycles. The number of nitrogens with one attached hydrogen (secondary N) is 1. The van der Waals surface area contributed by atoms with Gasteiger partial charge in [-0.05, 0) is 51.4 Å². The normalized spacial score (nSPS) is 18.9. The first kappa shape index (κ1) is 18.9. The molecule has 4 heterocycles. The molecule has 0 saturated carbocycles. The molecule has 2 aliphatic heterocycles. The minimum Gasteiger partial charge on any atom is -0.491 e. The van der Waals surface area contributed by atoms with Crippen molar-refractivity contribution in [3.8, 4) is 22.8 Å². The molecule has 2 aromatic heterocycles. The second-order valence-corrected chi connectivity index (χ2v) is 8.02. The van der Waals surface area contributed by atoms with Gasteiger partial charge in [0.05, 0.1) is 24.0 Å². The minimum atomic E-state index is -0.539. The molecule has 1 fully saturated rings. The number of hydrogen-bond acceptors (Lipinski definition) is 6. The van der Waals surface area contributed by atoms with Crippen molar-refractivity contribution in [3.05, 3.63) is 35.8 Å². The lowest BCUT2D eigenvalue weighted by Crippen LogP contribution is -2.31. The number of fused-ring (bicyclic) bond motifs is 2. The van der Waals surface area contributed by atoms with Crippen LogP contribution < -0.4 is 15.2 Å². The van der Waals surface area contributed by atoms with Crippen molar-refractivity contribution in [2.75, 3.05) is 26.8 Å². The minimum absolute atomic E-state index is 0.328. The van der Waals surface area contributed by atoms with Gasteiger partial charge in [-0.2, -0.15) is 0 Å². The summed E-state index contributed by atoms with van der Waals surface area (Å²) in [5, 5.41) is 0. The smallest absolute Gasteiger partial charge is 0.254 e. The van der Waals surface area contributed by atoms with Crippen LogP contribution in [0.15, 0.2) is 24.7 Å². The number of ether oxygens (including phenoxy) is 2. The molecular formula is C22H25N5O3. The zero-order valence-corrected chi connectivity index (χ0v) is 17.0. The fraction of sp³-hybridized carbons (Fsp3) is 0.409. The van der Waals surface area contributed by atoms with Crippen LogP contribution in [0.25, 0.3) is 22.2 Å². The van der Waals surface area contributed by atoms with E-state index in [4.69, 9.17) is 15.2 Å². The van der Waals surface area contributed by atoms with Gasteiger partial charge in [0, 0.05) is 28.9 Å². The van der Waals surface area contributed by atoms with Crippen LogP contribution in [0.2, 0.25) is 0 Å². The predicted octanol–water partition coefficient (Wildman–Crippen LogP) is 2.52. The van der Waals surface area contributed by atoms with Crippen molar-refractivity contribution in [1.82, 2.24) is 19.9 Å². The van der Waals surface area contributed by atoms with Crippen molar-refractivity contribution in [3.63, 3.8) is 0 Å². The average molecular weight is 407 g/mol. The van der Waals surface area contributed by atoms with Crippen molar-refractivity contribution in [2.24, 2.45) is 5.73 Å². The molecule has 1 amide bonds. The Bertz CT molecular complexity index is 1110. The summed E-state index contributed by atoms with van der Waals surface area (Å²) in [6.45, 7) is 2.26. The van der Waals surface area contributed by atoms with Gasteiger partial charge in [0.2, 0.25) is 5.88 Å². The lowest BCUT2D eigenvalue weighted by Gasteiger charge is -2.21. The Kier molecular flexibility index (Phi) is 4.78. The number of likely N-dealkylation sites (N-methyl/N-ethyl adjacent to an activating group) is 1. The van der Waals surface area contributed by atoms with E-state index in [1.807, 2.05) is 6.07 Å². The van der Waals surface area contributed by atoms with Gasteiger partial charge < -0.3 is 25.1 Å². The molecule has 1 unspecified atom stereocenters. The van der Waals surface area contributed by atoms with E-state index in [1.54, 1.807) is 12.5 Å². The number of pyridine rings is 1. The van der Waals surface area contributed by atoms with Crippen LogP contribution in [-0.4, -0.2) is 58.6 Å². The third kappa shape index (κ3) is 3.27. The van der Waals surface area contributed by atoms with E-state index in [1.165, 1.54) is 0 Å². The van der Waals surface area contributed by atoms with Crippen LogP contribution in [0.3, 0.4) is 0 Å². The van der Waals surface area contributed by atoms with E-state index < -0.39 is 5.91 Å². The number of carbonyl (C=O) groups excluding carboxylic acids is 1. The average Bonchev–Trinajstić information content (AvgIpc) is 3.39. The third-order valence-electron chi connectivity index (χ3n) is 6.08. The van der Waals surface area contributed by atoms with E-state index in [0.29, 0.717) is 47.5 Å². The zero-order valence-electron chi connectivity index (χ0n) is 17.0. The Labute approximate surface area is 174 Å². The Morgan fingerprint density at radius 3 is 3.07 bits per heavy atom. The van der Waals surface area contributed by atoms with Crippen molar-refractivity contribution in [2.45, 2.75) is 31.7 Å². The molecule has 30 heavy (non-hydrogen) atoms. The van der Waals surface area contributed by atoms with Crippen molar-refractivity contribution < 1.29 is 14.3 Å². The number of amides is 1. The van der Waals surface area contributed by atoms with Gasteiger partial charge in [0.25, 0.3) is 5.91 Å². The Balaban J connectivity index is 1.59. The van der Waals surface area contributed by atoms with E-state index in [2.05, 4.69) is 33.0 Å². The summed E-state index contributed by atoms with van der Waals surface area (Å²) in [4.78, 5) is 26.6. The standard InChI is InChI=1S/C22H25N5O3/c1-27-6-2-5-15(27)11-30-17-9-16(19-20(26-12-25-19)18(17)21(23)28)14-8-13-4-3-7-29-22(13)24-10-14/h8-10,12,15H,2-7,11H2,1H3,(H2,23,28)(H,25,26). The molecule has 0 radical (unpaired) electrons. The first-order chi connectivity index (χ1) is 14.6. The Hall–Kier alpha value is -3.13. The summed E-state index contributed by atoms with van der Waals surface area (Å²) in [6.07, 6.45) is 7.49. The molecule has 8 heteroatoms. The second-order valence-electron chi connectivity index (χ2n) is 8.02. The highest BCUT2D eigenvalue weighted by Gasteiger charge is 2.25. The summed E-state index contributed by atoms with van der Waals surface area (Å²) >= 11 is 0. The summed E-state index contributed by atoms with van der Waals surface area (Å²) in [5.74, 6) is 0.629. The van der Waals surface area contributed by atoms with Gasteiger partial charge in [0.1, 0.15) is 17.9 Å². The van der Waals surface area contributed by atoms with Gasteiger partial charge in [-0.3, -0.25) is 4.79 Å². The van der Waals surface area contributed by atoms with Crippen LogP contribution in [0.4, 0.5) is 0 Å². The van der Waals surface area contributed by atoms with Gasteiger partial charge in [-0.25, -0.2) is 9.97 Å². The molecule has 2 aliphatic rings. The number of aryl methyl sites for hydroxylation is 1. The van der Waals surface area contributed by atoms with Crippen LogP contribution in [0.5, 0.6) is 11.6 Å². The maximum atomic E-state index is 12.3. The summed E-state index contributed by atoms with van der Waals surface area (Å²) in [5.41, 5.74) is 10.2. The third-order valence-corrected chi connectivity index (χ3v) is 6.08. The number of H-pyrrole nitrogens is 1. The predicted molar refractivity (Wildman–Crippen MR) is 113 cm³/mol. The highest BCUT2D eigenvalue weighted by molar-refractivity contribution is 6.10. The lowest BCUT2D eigenvalue weighted by atomic mass is 9.99. The number of aromatic amines is 1. The van der Waals surface area contributed by atoms with Crippen LogP contribution in [0.1, 0.15) is 35.2 Å². The Morgan fingerprint density at radius 1 is 1.37 bits per heavy atom. The number of imidazole rings is 1. The molecule has 3 aromatic rings. The molecule has 0 bridgehead atoms. The van der Waals surface area contributed by atoms with E-state index >= 15 is 0 Å². The molecular weight excluding hydrogens is 382 g/mol. The highest BCUT2D eigenvalue weighted by Crippen LogP contribution is 2.37. The second kappa shape index (κ2) is 7.60. The molecule has 0 aliphatic carbocycles. The topological polar surface area (TPSA) is 106 Å². The number of aromatic nitrogens is 3. The fourth-order valence-electron chi connectivity index (χ4n) is 4.42. The van der Waals surface area contributed by atoms with E-state index in [9.17, 15) is 4.79 Å². The number of rotatable bonds is 5. The molecule has 1 aromatic carbocycles. The summed E-state index contributed by atoms with van der Waals surface area (Å²) in [6, 6.07) is 4.28. The van der Waals surface area contributed by atoms with Gasteiger partial charge in [-0.1, -0.05) is 0 Å². The lowest BCUT2D eigenvalue weighted by molar-refractivity contribution is 0.0996. The largest absolute Gasteiger partial charge is 0.491 e. The van der Waals surface area contributed by atoms with E-state index in [-0.39, 0.29) is 0 Å². The summed E-state index contributed by atoms with van der Waals surface area (Å²) < 4.78 is 11.8. The van der Waals surface area contributed by atoms with Gasteiger partial charge in [-0.15, -0.1) is 0 Å². The molecule has 1 atom stereocenters. The zero-order chi connectivity index (χ0) is 20.7. The van der Waals surface area contributed by atoms with Crippen molar-refractivity contribution in [1.29, 1.82) is 0 Å². The van der Waals surface area contributed by atoms with Crippen LogP contribution in [-0.2, 0) is 6.42 Å². The number of benzene rings is 1. The highest BCUT2D eigenvalue weighted by atomic mass is 16.5. The number of carbonyl (C=O) groups is 1. The van der Waals surface area contributed by atoms with Crippen LogP contribution >= 0.6 is 0 Å². The molecule has 0 spiro atoms. The molecule has 3 N–H and O–H groups in total. The van der Waals surface area contributed by atoms with Crippen molar-refractivity contribution >= 4 is 16.9 Å². The number of nitrogens with zero attached hydrogens (tertiary/aromatic N) is 3. The summed E-state index contributed by atoms with van der Waals surface area (Å²) in [7, 11) is 2.10. The molecule has 156 valence electrons. The first-order valence-electron chi connectivity index (χ1n) is 10.4. The fourth-order valence-corrected chi connectivity index (χ4v) is 4.42. The van der Waals surface area contributed by atoms with Gasteiger partial charge >= 0.3 is 0 Å². The maximum absolute atomic E-state index is 12.3. The number of primary amides is 1. The van der Waals surface area contributed by atoms with Gasteiger partial charge in [0.15, 0.2) is 0 Å². The number of hydrogen-bond donors (Lipinski definition) is 2. The number of nitrogens with two attached hydrogens (primary N) is 1. The quantitative estimate of drug-likeness (QED) is 0.673. The molecule has 8 nitrogen and oxygen atoms in total. The number of likely N-dealkylation sites (tertiary alicyclic amines) is 1. The first-order valence-corrected chi connectivity index (χ1v) is 10.4. The van der Waals surface area contributed by atoms with E-state index in [0.717, 1.165) is 48.9 Å².